The molecule has 0 aromatic heterocycles. The van der Waals surface area contributed by atoms with Gasteiger partial charge in [-0.05, 0) is 44.9 Å². The normalized spacial score (nSPS) is 18.7. The number of methoxy groups -OCH3 is 1. The van der Waals surface area contributed by atoms with Crippen molar-refractivity contribution in [3.8, 4) is 5.75 Å². The molecule has 0 N–H and O–H groups in total. The Morgan fingerprint density at radius 1 is 1.26 bits per heavy atom. The molecule has 1 amide bonds. The Hall–Kier alpha value is -2.04. The maximum absolute atomic E-state index is 12.2. The van der Waals surface area contributed by atoms with Crippen molar-refractivity contribution in [2.75, 3.05) is 20.2 Å². The van der Waals surface area contributed by atoms with Crippen molar-refractivity contribution in [2.45, 2.75) is 39.2 Å². The Balaban J connectivity index is 2.00. The molecule has 0 aliphatic carbocycles. The smallest absolute Gasteiger partial charge is 0.410 e. The lowest BCUT2D eigenvalue weighted by molar-refractivity contribution is -0.125. The number of carbonyl (C=O) groups is 2. The average molecular weight is 319 g/mol. The van der Waals surface area contributed by atoms with E-state index >= 15 is 0 Å². The van der Waals surface area contributed by atoms with Gasteiger partial charge in [0.1, 0.15) is 17.1 Å². The van der Waals surface area contributed by atoms with Gasteiger partial charge in [0.05, 0.1) is 7.11 Å². The number of carbonyl (C=O) groups excluding carboxylic acids is 2. The van der Waals surface area contributed by atoms with Crippen molar-refractivity contribution >= 4 is 11.9 Å². The van der Waals surface area contributed by atoms with Crippen LogP contribution in [-0.2, 0) is 16.0 Å². The molecule has 1 aliphatic heterocycles. The van der Waals surface area contributed by atoms with Crippen molar-refractivity contribution in [3.05, 3.63) is 29.8 Å². The summed E-state index contributed by atoms with van der Waals surface area (Å²) in [5, 5.41) is 0. The van der Waals surface area contributed by atoms with Gasteiger partial charge in [0.15, 0.2) is 0 Å². The van der Waals surface area contributed by atoms with E-state index in [1.165, 1.54) is 0 Å². The molecule has 1 aliphatic rings. The van der Waals surface area contributed by atoms with E-state index in [0.29, 0.717) is 25.9 Å². The van der Waals surface area contributed by atoms with Crippen LogP contribution in [0.25, 0.3) is 0 Å². The molecular weight excluding hydrogens is 294 g/mol. The van der Waals surface area contributed by atoms with Gasteiger partial charge in [-0.25, -0.2) is 4.79 Å². The fraction of sp³-hybridized carbons (Fsp3) is 0.556. The SMILES string of the molecule is COc1ccc(CC2CN(C(=O)OC(C)(C)C)CCC2=O)cc1. The third-order valence-electron chi connectivity index (χ3n) is 3.82. The van der Waals surface area contributed by atoms with Crippen molar-refractivity contribution < 1.29 is 19.1 Å². The summed E-state index contributed by atoms with van der Waals surface area (Å²) >= 11 is 0. The summed E-state index contributed by atoms with van der Waals surface area (Å²) in [6, 6.07) is 7.68. The zero-order valence-electron chi connectivity index (χ0n) is 14.3. The van der Waals surface area contributed by atoms with Gasteiger partial charge in [-0.3, -0.25) is 4.79 Å². The maximum Gasteiger partial charge on any atom is 0.410 e. The fourth-order valence-electron chi connectivity index (χ4n) is 2.63. The van der Waals surface area contributed by atoms with Gasteiger partial charge in [0, 0.05) is 25.4 Å². The van der Waals surface area contributed by atoms with Crippen LogP contribution in [-0.4, -0.2) is 42.6 Å². The zero-order chi connectivity index (χ0) is 17.0. The minimum atomic E-state index is -0.524. The molecule has 1 aromatic rings. The minimum Gasteiger partial charge on any atom is -0.497 e. The molecule has 1 unspecified atom stereocenters. The lowest BCUT2D eigenvalue weighted by Crippen LogP contribution is -2.46. The van der Waals surface area contributed by atoms with E-state index in [1.807, 2.05) is 45.0 Å². The van der Waals surface area contributed by atoms with Crippen molar-refractivity contribution in [1.82, 2.24) is 4.90 Å². The maximum atomic E-state index is 12.2. The molecule has 2 rings (SSSR count). The number of ketones is 1. The van der Waals surface area contributed by atoms with Crippen molar-refractivity contribution in [3.63, 3.8) is 0 Å². The predicted octanol–water partition coefficient (Wildman–Crippen LogP) is 3.06. The molecule has 1 heterocycles. The van der Waals surface area contributed by atoms with Crippen molar-refractivity contribution in [2.24, 2.45) is 5.92 Å². The summed E-state index contributed by atoms with van der Waals surface area (Å²) in [7, 11) is 1.62. The topological polar surface area (TPSA) is 55.8 Å². The first-order valence-electron chi connectivity index (χ1n) is 7.92. The van der Waals surface area contributed by atoms with E-state index in [-0.39, 0.29) is 17.8 Å². The van der Waals surface area contributed by atoms with Crippen molar-refractivity contribution in [1.29, 1.82) is 0 Å². The van der Waals surface area contributed by atoms with Gasteiger partial charge in [-0.15, -0.1) is 0 Å². The molecule has 23 heavy (non-hydrogen) atoms. The number of likely N-dealkylation sites (tertiary alicyclic amines) is 1. The highest BCUT2D eigenvalue weighted by Crippen LogP contribution is 2.21. The molecule has 0 bridgehead atoms. The quantitative estimate of drug-likeness (QED) is 0.859. The summed E-state index contributed by atoms with van der Waals surface area (Å²) in [6.45, 7) is 6.38. The fourth-order valence-corrected chi connectivity index (χ4v) is 2.63. The van der Waals surface area contributed by atoms with E-state index < -0.39 is 5.60 Å². The van der Waals surface area contributed by atoms with Crippen LogP contribution in [0.2, 0.25) is 0 Å². The molecule has 0 saturated carbocycles. The van der Waals surface area contributed by atoms with E-state index in [9.17, 15) is 9.59 Å². The second-order valence-electron chi connectivity index (χ2n) is 6.89. The number of rotatable bonds is 3. The average Bonchev–Trinajstić information content (AvgIpc) is 2.48. The Morgan fingerprint density at radius 2 is 1.91 bits per heavy atom. The molecule has 126 valence electrons. The highest BCUT2D eigenvalue weighted by molar-refractivity contribution is 5.84. The Labute approximate surface area is 137 Å². The van der Waals surface area contributed by atoms with Crippen LogP contribution in [0.3, 0.4) is 0 Å². The second kappa shape index (κ2) is 7.02. The monoisotopic (exact) mass is 319 g/mol. The molecule has 0 radical (unpaired) electrons. The van der Waals surface area contributed by atoms with Gasteiger partial charge in [-0.2, -0.15) is 0 Å². The number of piperidine rings is 1. The second-order valence-corrected chi connectivity index (χ2v) is 6.89. The summed E-state index contributed by atoms with van der Waals surface area (Å²) in [4.78, 5) is 26.0. The first kappa shape index (κ1) is 17.3. The van der Waals surface area contributed by atoms with E-state index in [0.717, 1.165) is 11.3 Å². The molecule has 5 heteroatoms. The summed E-state index contributed by atoms with van der Waals surface area (Å²) < 4.78 is 10.5. The Bertz CT molecular complexity index is 559. The van der Waals surface area contributed by atoms with Gasteiger partial charge in [0.25, 0.3) is 0 Å². The lowest BCUT2D eigenvalue weighted by atomic mass is 9.90. The summed E-state index contributed by atoms with van der Waals surface area (Å²) in [5.74, 6) is 0.824. The van der Waals surface area contributed by atoms with E-state index in [4.69, 9.17) is 9.47 Å². The third kappa shape index (κ3) is 4.98. The Kier molecular flexibility index (Phi) is 5.29. The van der Waals surface area contributed by atoms with Crippen LogP contribution in [0.1, 0.15) is 32.8 Å². The zero-order valence-corrected chi connectivity index (χ0v) is 14.3. The summed E-state index contributed by atoms with van der Waals surface area (Å²) in [6.07, 6.45) is 0.673. The van der Waals surface area contributed by atoms with Crippen LogP contribution in [0.4, 0.5) is 4.79 Å². The van der Waals surface area contributed by atoms with Gasteiger partial charge in [0.2, 0.25) is 0 Å². The molecule has 5 nitrogen and oxygen atoms in total. The molecular formula is C18H25NO4. The Morgan fingerprint density at radius 3 is 2.48 bits per heavy atom. The van der Waals surface area contributed by atoms with E-state index in [1.54, 1.807) is 12.0 Å². The van der Waals surface area contributed by atoms with Gasteiger partial charge in [-0.1, -0.05) is 12.1 Å². The highest BCUT2D eigenvalue weighted by atomic mass is 16.6. The van der Waals surface area contributed by atoms with Crippen LogP contribution in [0.5, 0.6) is 5.75 Å². The van der Waals surface area contributed by atoms with Crippen LogP contribution < -0.4 is 4.74 Å². The molecule has 0 spiro atoms. The first-order valence-corrected chi connectivity index (χ1v) is 7.92. The van der Waals surface area contributed by atoms with Crippen LogP contribution in [0.15, 0.2) is 24.3 Å². The summed E-state index contributed by atoms with van der Waals surface area (Å²) in [5.41, 5.74) is 0.541. The standard InChI is InChI=1S/C18H25NO4/c1-18(2,3)23-17(21)19-10-9-16(20)14(12-19)11-13-5-7-15(22-4)8-6-13/h5-8,14H,9-12H2,1-4H3. The highest BCUT2D eigenvalue weighted by Gasteiger charge is 2.32. The van der Waals surface area contributed by atoms with Crippen LogP contribution >= 0.6 is 0 Å². The number of amides is 1. The number of hydrogen-bond donors (Lipinski definition) is 0. The lowest BCUT2D eigenvalue weighted by Gasteiger charge is -2.33. The van der Waals surface area contributed by atoms with E-state index in [2.05, 4.69) is 0 Å². The number of nitrogens with zero attached hydrogens (tertiary/aromatic N) is 1. The van der Waals surface area contributed by atoms with Gasteiger partial charge < -0.3 is 14.4 Å². The molecule has 1 atom stereocenters. The molecule has 1 aromatic carbocycles. The minimum absolute atomic E-state index is 0.176. The van der Waals surface area contributed by atoms with Crippen LogP contribution in [0, 0.1) is 5.92 Å². The largest absolute Gasteiger partial charge is 0.497 e. The first-order chi connectivity index (χ1) is 10.8. The number of benzene rings is 1. The number of ether oxygens (including phenoxy) is 2. The third-order valence-corrected chi connectivity index (χ3v) is 3.82. The predicted molar refractivity (Wildman–Crippen MR) is 87.6 cm³/mol. The van der Waals surface area contributed by atoms with Gasteiger partial charge >= 0.3 is 6.09 Å². The molecule has 1 saturated heterocycles. The molecule has 1 fully saturated rings. The number of hydrogen-bond acceptors (Lipinski definition) is 4. The number of Topliss-reactive ketones (excluding diaryl/α,β-unsaturated/α-hetero) is 1.